The first-order valence-corrected chi connectivity index (χ1v) is 7.29. The summed E-state index contributed by atoms with van der Waals surface area (Å²) in [5.41, 5.74) is 2.05. The summed E-state index contributed by atoms with van der Waals surface area (Å²) in [5, 5.41) is 14.1. The van der Waals surface area contributed by atoms with E-state index in [1.807, 2.05) is 52.0 Å². The second kappa shape index (κ2) is 6.56. The highest BCUT2D eigenvalue weighted by Crippen LogP contribution is 2.13. The van der Waals surface area contributed by atoms with E-state index < -0.39 is 0 Å². The molecule has 0 bridgehead atoms. The number of hydrogen-bond acceptors (Lipinski definition) is 4. The molecule has 5 nitrogen and oxygen atoms in total. The average Bonchev–Trinajstić information content (AvgIpc) is 2.39. The van der Waals surface area contributed by atoms with Crippen LogP contribution in [-0.4, -0.2) is 21.6 Å². The van der Waals surface area contributed by atoms with Crippen LogP contribution in [0.5, 0.6) is 0 Å². The summed E-state index contributed by atoms with van der Waals surface area (Å²) < 4.78 is 0. The summed E-state index contributed by atoms with van der Waals surface area (Å²) in [7, 11) is 0. The molecule has 0 atom stereocenters. The van der Waals surface area contributed by atoms with Gasteiger partial charge in [0.1, 0.15) is 5.82 Å². The van der Waals surface area contributed by atoms with Gasteiger partial charge >= 0.3 is 0 Å². The molecule has 0 saturated carbocycles. The van der Waals surface area contributed by atoms with Crippen LogP contribution in [0.15, 0.2) is 36.4 Å². The van der Waals surface area contributed by atoms with Crippen molar-refractivity contribution in [3.8, 4) is 0 Å². The lowest BCUT2D eigenvalue weighted by atomic mass is 10.1. The molecule has 5 heteroatoms. The first-order valence-electron chi connectivity index (χ1n) is 7.29. The molecule has 2 N–H and O–H groups in total. The maximum absolute atomic E-state index is 12.0. The van der Waals surface area contributed by atoms with E-state index >= 15 is 0 Å². The topological polar surface area (TPSA) is 66.9 Å². The molecule has 0 aliphatic rings. The highest BCUT2D eigenvalue weighted by molar-refractivity contribution is 5.91. The van der Waals surface area contributed by atoms with Crippen LogP contribution < -0.4 is 10.6 Å². The largest absolute Gasteiger partial charge is 0.364 e. The summed E-state index contributed by atoms with van der Waals surface area (Å²) >= 11 is 0. The molecular formula is C17H22N4O. The second-order valence-electron chi connectivity index (χ2n) is 6.39. The van der Waals surface area contributed by atoms with Crippen molar-refractivity contribution in [1.82, 2.24) is 10.2 Å². The minimum Gasteiger partial charge on any atom is -0.364 e. The van der Waals surface area contributed by atoms with Gasteiger partial charge in [-0.25, -0.2) is 0 Å². The van der Waals surface area contributed by atoms with Crippen LogP contribution in [0.3, 0.4) is 0 Å². The van der Waals surface area contributed by atoms with Gasteiger partial charge in [0.25, 0.3) is 0 Å². The molecule has 1 heterocycles. The van der Waals surface area contributed by atoms with E-state index in [0.717, 1.165) is 11.1 Å². The highest BCUT2D eigenvalue weighted by Gasteiger charge is 2.11. The Morgan fingerprint density at radius 3 is 2.36 bits per heavy atom. The third-order valence-electron chi connectivity index (χ3n) is 2.88. The van der Waals surface area contributed by atoms with Gasteiger partial charge in [0.05, 0.1) is 6.42 Å². The lowest BCUT2D eigenvalue weighted by Gasteiger charge is -2.20. The van der Waals surface area contributed by atoms with Crippen LogP contribution in [0.25, 0.3) is 0 Å². The number of carbonyl (C=O) groups is 1. The number of rotatable bonds is 4. The first kappa shape index (κ1) is 15.9. The molecule has 0 saturated heterocycles. The van der Waals surface area contributed by atoms with E-state index in [1.165, 1.54) is 0 Å². The van der Waals surface area contributed by atoms with E-state index in [9.17, 15) is 4.79 Å². The van der Waals surface area contributed by atoms with Crippen molar-refractivity contribution in [2.75, 3.05) is 10.6 Å². The van der Waals surface area contributed by atoms with Crippen molar-refractivity contribution in [2.45, 2.75) is 39.7 Å². The van der Waals surface area contributed by atoms with Crippen LogP contribution in [-0.2, 0) is 11.2 Å². The normalized spacial score (nSPS) is 11.1. The quantitative estimate of drug-likeness (QED) is 0.909. The van der Waals surface area contributed by atoms with Crippen molar-refractivity contribution in [3.05, 3.63) is 47.5 Å². The Labute approximate surface area is 131 Å². The second-order valence-corrected chi connectivity index (χ2v) is 6.39. The summed E-state index contributed by atoms with van der Waals surface area (Å²) in [6.07, 6.45) is 0.325. The number of aromatic nitrogens is 2. The number of benzene rings is 1. The van der Waals surface area contributed by atoms with Crippen molar-refractivity contribution in [3.63, 3.8) is 0 Å². The summed E-state index contributed by atoms with van der Waals surface area (Å²) in [6.45, 7) is 8.15. The number of nitrogens with one attached hydrogen (secondary N) is 2. The Hall–Kier alpha value is -2.43. The van der Waals surface area contributed by atoms with E-state index in [1.54, 1.807) is 12.1 Å². The molecule has 1 aromatic heterocycles. The number of amides is 1. The minimum atomic E-state index is -0.101. The van der Waals surface area contributed by atoms with Crippen molar-refractivity contribution in [2.24, 2.45) is 0 Å². The molecule has 0 radical (unpaired) electrons. The summed E-state index contributed by atoms with van der Waals surface area (Å²) in [5.74, 6) is 1.04. The van der Waals surface area contributed by atoms with Gasteiger partial charge in [0, 0.05) is 5.54 Å². The molecule has 2 aromatic rings. The molecule has 116 valence electrons. The average molecular weight is 298 g/mol. The SMILES string of the molecule is Cc1cccc(CC(=O)Nc2ccc(NC(C)(C)C)nn2)c1. The summed E-state index contributed by atoms with van der Waals surface area (Å²) in [6, 6.07) is 11.4. The molecule has 1 aromatic carbocycles. The Morgan fingerprint density at radius 2 is 1.77 bits per heavy atom. The van der Waals surface area contributed by atoms with Gasteiger partial charge < -0.3 is 10.6 Å². The Bertz CT molecular complexity index is 644. The van der Waals surface area contributed by atoms with Gasteiger partial charge in [0.2, 0.25) is 5.91 Å². The maximum atomic E-state index is 12.0. The fourth-order valence-corrected chi connectivity index (χ4v) is 2.04. The van der Waals surface area contributed by atoms with Gasteiger partial charge in [-0.2, -0.15) is 0 Å². The third kappa shape index (κ3) is 5.16. The van der Waals surface area contributed by atoms with Gasteiger partial charge in [-0.15, -0.1) is 10.2 Å². The molecule has 0 aliphatic carbocycles. The molecule has 0 spiro atoms. The van der Waals surface area contributed by atoms with Gasteiger partial charge in [-0.1, -0.05) is 29.8 Å². The minimum absolute atomic E-state index is 0.0788. The number of nitrogens with zero attached hydrogens (tertiary/aromatic N) is 2. The van der Waals surface area contributed by atoms with Gasteiger partial charge in [-0.05, 0) is 45.4 Å². The lowest BCUT2D eigenvalue weighted by molar-refractivity contribution is -0.115. The van der Waals surface area contributed by atoms with Gasteiger partial charge in [0.15, 0.2) is 5.82 Å². The standard InChI is InChI=1S/C17H22N4O/c1-12-6-5-7-13(10-12)11-16(22)18-14-8-9-15(21-20-14)19-17(2,3)4/h5-10H,11H2,1-4H3,(H,19,21)(H,18,20,22). The van der Waals surface area contributed by atoms with Crippen molar-refractivity contribution in [1.29, 1.82) is 0 Å². The van der Waals surface area contributed by atoms with Crippen LogP contribution >= 0.6 is 0 Å². The number of anilines is 2. The number of aryl methyl sites for hydroxylation is 1. The molecule has 0 aliphatic heterocycles. The lowest BCUT2D eigenvalue weighted by Crippen LogP contribution is -2.27. The molecule has 1 amide bonds. The molecule has 2 rings (SSSR count). The molecule has 0 fully saturated rings. The van der Waals surface area contributed by atoms with E-state index in [-0.39, 0.29) is 11.4 Å². The van der Waals surface area contributed by atoms with Crippen LogP contribution in [0.1, 0.15) is 31.9 Å². The molecule has 0 unspecified atom stereocenters. The molecule has 22 heavy (non-hydrogen) atoms. The van der Waals surface area contributed by atoms with Crippen molar-refractivity contribution >= 4 is 17.5 Å². The monoisotopic (exact) mass is 298 g/mol. The Kier molecular flexibility index (Phi) is 4.75. The highest BCUT2D eigenvalue weighted by atomic mass is 16.1. The van der Waals surface area contributed by atoms with E-state index in [2.05, 4.69) is 20.8 Å². The zero-order valence-electron chi connectivity index (χ0n) is 13.5. The zero-order valence-corrected chi connectivity index (χ0v) is 13.5. The predicted octanol–water partition coefficient (Wildman–Crippen LogP) is 3.18. The van der Waals surface area contributed by atoms with Crippen LogP contribution in [0.4, 0.5) is 11.6 Å². The Morgan fingerprint density at radius 1 is 1.09 bits per heavy atom. The molecular weight excluding hydrogens is 276 g/mol. The van der Waals surface area contributed by atoms with E-state index in [0.29, 0.717) is 18.1 Å². The van der Waals surface area contributed by atoms with Gasteiger partial charge in [-0.3, -0.25) is 4.79 Å². The summed E-state index contributed by atoms with van der Waals surface area (Å²) in [4.78, 5) is 12.0. The van der Waals surface area contributed by atoms with Crippen LogP contribution in [0, 0.1) is 6.92 Å². The number of hydrogen-bond donors (Lipinski definition) is 2. The zero-order chi connectivity index (χ0) is 16.2. The fraction of sp³-hybridized carbons (Fsp3) is 0.353. The third-order valence-corrected chi connectivity index (χ3v) is 2.88. The predicted molar refractivity (Wildman–Crippen MR) is 88.9 cm³/mol. The first-order chi connectivity index (χ1) is 10.3. The fourth-order valence-electron chi connectivity index (χ4n) is 2.04. The van der Waals surface area contributed by atoms with Crippen LogP contribution in [0.2, 0.25) is 0 Å². The van der Waals surface area contributed by atoms with Crippen molar-refractivity contribution < 1.29 is 4.79 Å². The van der Waals surface area contributed by atoms with E-state index in [4.69, 9.17) is 0 Å². The number of carbonyl (C=O) groups excluding carboxylic acids is 1. The maximum Gasteiger partial charge on any atom is 0.229 e. The Balaban J connectivity index is 1.94. The smallest absolute Gasteiger partial charge is 0.229 e.